The van der Waals surface area contributed by atoms with Crippen LogP contribution in [0.4, 0.5) is 4.39 Å². The van der Waals surface area contributed by atoms with Gasteiger partial charge in [-0.3, -0.25) is 0 Å². The predicted octanol–water partition coefficient (Wildman–Crippen LogP) is 5.40. The number of rotatable bonds is 4. The highest BCUT2D eigenvalue weighted by Gasteiger charge is 2.20. The average molecular weight is 246 g/mol. The Bertz CT molecular complexity index is 369. The summed E-state index contributed by atoms with van der Waals surface area (Å²) in [5.74, 6) is 1.15. The number of aryl methyl sites for hydroxylation is 1. The monoisotopic (exact) mass is 246 g/mol. The lowest BCUT2D eigenvalue weighted by molar-refractivity contribution is 0.373. The van der Waals surface area contributed by atoms with Crippen molar-refractivity contribution < 1.29 is 4.39 Å². The lowest BCUT2D eigenvalue weighted by Crippen LogP contribution is -2.11. The molecule has 1 heteroatoms. The van der Waals surface area contributed by atoms with Crippen LogP contribution in [0, 0.1) is 5.92 Å². The van der Waals surface area contributed by atoms with Gasteiger partial charge in [0.25, 0.3) is 0 Å². The highest BCUT2D eigenvalue weighted by Crippen LogP contribution is 2.36. The zero-order valence-corrected chi connectivity index (χ0v) is 11.2. The van der Waals surface area contributed by atoms with Crippen molar-refractivity contribution in [3.8, 4) is 0 Å². The van der Waals surface area contributed by atoms with E-state index in [1.807, 2.05) is 0 Å². The Morgan fingerprint density at radius 1 is 1.11 bits per heavy atom. The van der Waals surface area contributed by atoms with Gasteiger partial charge in [-0.25, -0.2) is 4.39 Å². The molecule has 0 bridgehead atoms. The minimum atomic E-state index is 0.464. The molecule has 0 nitrogen and oxygen atoms in total. The average Bonchev–Trinajstić information content (AvgIpc) is 2.41. The summed E-state index contributed by atoms with van der Waals surface area (Å²) in [7, 11) is 0. The number of allylic oxidation sites excluding steroid dienone is 1. The fourth-order valence-corrected chi connectivity index (χ4v) is 2.99. The first-order valence-corrected chi connectivity index (χ1v) is 7.19. The van der Waals surface area contributed by atoms with E-state index in [1.165, 1.54) is 36.8 Å². The Morgan fingerprint density at radius 3 is 2.33 bits per heavy atom. The molecular formula is C17H23F. The van der Waals surface area contributed by atoms with Gasteiger partial charge in [0.1, 0.15) is 0 Å². The maximum absolute atomic E-state index is 12.1. The zero-order chi connectivity index (χ0) is 12.8. The van der Waals surface area contributed by atoms with Crippen molar-refractivity contribution in [3.05, 3.63) is 47.8 Å². The Balaban J connectivity index is 1.92. The van der Waals surface area contributed by atoms with Crippen molar-refractivity contribution in [2.75, 3.05) is 0 Å². The van der Waals surface area contributed by atoms with Crippen LogP contribution in [0.15, 0.2) is 36.7 Å². The van der Waals surface area contributed by atoms with Crippen molar-refractivity contribution >= 4 is 0 Å². The molecule has 1 aliphatic rings. The molecule has 0 amide bonds. The van der Waals surface area contributed by atoms with Crippen LogP contribution in [0.5, 0.6) is 0 Å². The van der Waals surface area contributed by atoms with Gasteiger partial charge in [-0.1, -0.05) is 43.7 Å². The van der Waals surface area contributed by atoms with E-state index in [9.17, 15) is 4.39 Å². The van der Waals surface area contributed by atoms with Crippen LogP contribution in [-0.4, -0.2) is 0 Å². The quantitative estimate of drug-likeness (QED) is 0.667. The number of hydrogen-bond donors (Lipinski definition) is 0. The summed E-state index contributed by atoms with van der Waals surface area (Å²) >= 11 is 0. The lowest BCUT2D eigenvalue weighted by atomic mass is 9.78. The predicted molar refractivity (Wildman–Crippen MR) is 75.4 cm³/mol. The molecule has 18 heavy (non-hydrogen) atoms. The maximum Gasteiger partial charge on any atom is 0.0829 e. The second-order valence-electron chi connectivity index (χ2n) is 5.42. The van der Waals surface area contributed by atoms with E-state index in [2.05, 4.69) is 31.2 Å². The third-order valence-electron chi connectivity index (χ3n) is 4.11. The van der Waals surface area contributed by atoms with Gasteiger partial charge in [-0.15, -0.1) is 0 Å². The molecule has 0 radical (unpaired) electrons. The first kappa shape index (κ1) is 13.3. The van der Waals surface area contributed by atoms with Crippen LogP contribution in [-0.2, 0) is 6.42 Å². The minimum Gasteiger partial charge on any atom is -0.216 e. The van der Waals surface area contributed by atoms with E-state index in [4.69, 9.17) is 0 Å². The lowest BCUT2D eigenvalue weighted by Gasteiger charge is -2.27. The Labute approximate surface area is 110 Å². The van der Waals surface area contributed by atoms with E-state index in [0.717, 1.165) is 12.8 Å². The SMILES string of the molecule is CCCc1ccc([C@H]2CC[C@H](C=CF)CC2)cc1. The van der Waals surface area contributed by atoms with Gasteiger partial charge in [0, 0.05) is 0 Å². The smallest absolute Gasteiger partial charge is 0.0829 e. The highest BCUT2D eigenvalue weighted by atomic mass is 19.1. The van der Waals surface area contributed by atoms with Gasteiger partial charge in [0.15, 0.2) is 0 Å². The minimum absolute atomic E-state index is 0.464. The van der Waals surface area contributed by atoms with Gasteiger partial charge in [0.05, 0.1) is 6.33 Å². The van der Waals surface area contributed by atoms with E-state index in [-0.39, 0.29) is 0 Å². The van der Waals surface area contributed by atoms with Gasteiger partial charge in [-0.05, 0) is 55.1 Å². The summed E-state index contributed by atoms with van der Waals surface area (Å²) in [5.41, 5.74) is 2.91. The van der Waals surface area contributed by atoms with Crippen LogP contribution in [0.1, 0.15) is 56.1 Å². The Kier molecular flexibility index (Phi) is 4.98. The molecule has 0 unspecified atom stereocenters. The topological polar surface area (TPSA) is 0 Å². The van der Waals surface area contributed by atoms with E-state index < -0.39 is 0 Å². The molecule has 0 atom stereocenters. The third-order valence-corrected chi connectivity index (χ3v) is 4.11. The molecule has 98 valence electrons. The summed E-state index contributed by atoms with van der Waals surface area (Å²) in [5, 5.41) is 0. The van der Waals surface area contributed by atoms with Gasteiger partial charge in [0.2, 0.25) is 0 Å². The number of halogens is 1. The van der Waals surface area contributed by atoms with Crippen molar-refractivity contribution in [1.82, 2.24) is 0 Å². The van der Waals surface area contributed by atoms with E-state index in [1.54, 1.807) is 6.08 Å². The summed E-state index contributed by atoms with van der Waals surface area (Å²) in [6.45, 7) is 2.22. The number of hydrogen-bond acceptors (Lipinski definition) is 0. The van der Waals surface area contributed by atoms with Gasteiger partial charge >= 0.3 is 0 Å². The molecule has 1 aromatic carbocycles. The van der Waals surface area contributed by atoms with Crippen molar-refractivity contribution in [3.63, 3.8) is 0 Å². The molecule has 0 aromatic heterocycles. The van der Waals surface area contributed by atoms with Crippen LogP contribution in [0.25, 0.3) is 0 Å². The van der Waals surface area contributed by atoms with Crippen molar-refractivity contribution in [2.24, 2.45) is 5.92 Å². The van der Waals surface area contributed by atoms with Crippen molar-refractivity contribution in [1.29, 1.82) is 0 Å². The number of benzene rings is 1. The normalized spacial score (nSPS) is 24.6. The summed E-state index contributed by atoms with van der Waals surface area (Å²) < 4.78 is 12.1. The van der Waals surface area contributed by atoms with Gasteiger partial charge < -0.3 is 0 Å². The molecule has 0 heterocycles. The molecule has 1 fully saturated rings. The summed E-state index contributed by atoms with van der Waals surface area (Å²) in [4.78, 5) is 0. The molecule has 1 aliphatic carbocycles. The second-order valence-corrected chi connectivity index (χ2v) is 5.42. The zero-order valence-electron chi connectivity index (χ0n) is 11.2. The van der Waals surface area contributed by atoms with Crippen LogP contribution in [0.3, 0.4) is 0 Å². The van der Waals surface area contributed by atoms with E-state index in [0.29, 0.717) is 18.2 Å². The molecule has 0 N–H and O–H groups in total. The van der Waals surface area contributed by atoms with Crippen molar-refractivity contribution in [2.45, 2.75) is 51.4 Å². The Hall–Kier alpha value is -1.11. The molecule has 0 saturated heterocycles. The molecule has 1 saturated carbocycles. The van der Waals surface area contributed by atoms with Gasteiger partial charge in [-0.2, -0.15) is 0 Å². The largest absolute Gasteiger partial charge is 0.216 e. The van der Waals surface area contributed by atoms with E-state index >= 15 is 0 Å². The molecule has 0 spiro atoms. The standard InChI is InChI=1S/C17H23F/c1-2-3-14-4-8-16(9-5-14)17-10-6-15(7-11-17)12-13-18/h4-5,8-9,12-13,15,17H,2-3,6-7,10-11H2,1H3/t15-,17-. The molecule has 0 aliphatic heterocycles. The first-order chi connectivity index (χ1) is 8.83. The summed E-state index contributed by atoms with van der Waals surface area (Å²) in [6.07, 6.45) is 9.47. The highest BCUT2D eigenvalue weighted by molar-refractivity contribution is 5.26. The maximum atomic E-state index is 12.1. The fourth-order valence-electron chi connectivity index (χ4n) is 2.99. The van der Waals surface area contributed by atoms with Crippen LogP contribution in [0.2, 0.25) is 0 Å². The first-order valence-electron chi connectivity index (χ1n) is 7.19. The molecular weight excluding hydrogens is 223 g/mol. The Morgan fingerprint density at radius 2 is 1.78 bits per heavy atom. The third kappa shape index (κ3) is 3.44. The fraction of sp³-hybridized carbons (Fsp3) is 0.529. The molecule has 2 rings (SSSR count). The van der Waals surface area contributed by atoms with Crippen LogP contribution < -0.4 is 0 Å². The van der Waals surface area contributed by atoms with Crippen LogP contribution >= 0.6 is 0 Å². The molecule has 1 aromatic rings. The second kappa shape index (κ2) is 6.72. The summed E-state index contributed by atoms with van der Waals surface area (Å²) in [6, 6.07) is 9.13.